The number of ether oxygens (including phenoxy) is 2. The van der Waals surface area contributed by atoms with E-state index in [0.29, 0.717) is 12.3 Å². The fourth-order valence-corrected chi connectivity index (χ4v) is 6.25. The molecule has 7 heteroatoms. The summed E-state index contributed by atoms with van der Waals surface area (Å²) in [5.41, 5.74) is -0.106. The Hall–Kier alpha value is -2.42. The van der Waals surface area contributed by atoms with E-state index >= 15 is 0 Å². The van der Waals surface area contributed by atoms with Crippen molar-refractivity contribution in [1.29, 1.82) is 0 Å². The van der Waals surface area contributed by atoms with E-state index in [0.717, 1.165) is 53.8 Å². The van der Waals surface area contributed by atoms with Crippen LogP contribution >= 0.6 is 22.7 Å². The van der Waals surface area contributed by atoms with Crippen LogP contribution in [0.15, 0.2) is 75.8 Å². The Bertz CT molecular complexity index is 1130. The predicted octanol–water partition coefficient (Wildman–Crippen LogP) is 5.88. The Balaban J connectivity index is 1.40. The molecule has 4 aromatic rings. The molecular formula is C27H29NO4S2. The first-order chi connectivity index (χ1) is 16.6. The topological polar surface area (TPSA) is 55.1 Å². The highest BCUT2D eigenvalue weighted by Crippen LogP contribution is 2.41. The number of methoxy groups -OCH3 is 1. The van der Waals surface area contributed by atoms with Gasteiger partial charge in [0, 0.05) is 29.5 Å². The second kappa shape index (κ2) is 10.5. The zero-order valence-corrected chi connectivity index (χ0v) is 20.8. The SMILES string of the molecule is COc1cccc(CN(Cc2ccc(C(O)(c3cccs3)c3cccs3)o2)C[C@@H]2CCCO2)c1. The number of hydrogen-bond acceptors (Lipinski definition) is 7. The minimum Gasteiger partial charge on any atom is -0.497 e. The fraction of sp³-hybridized carbons (Fsp3) is 0.333. The molecule has 0 radical (unpaired) electrons. The Morgan fingerprint density at radius 2 is 1.82 bits per heavy atom. The van der Waals surface area contributed by atoms with Crippen LogP contribution in [0.25, 0.3) is 0 Å². The summed E-state index contributed by atoms with van der Waals surface area (Å²) >= 11 is 3.06. The van der Waals surface area contributed by atoms with Gasteiger partial charge in [0.1, 0.15) is 17.3 Å². The molecule has 1 aliphatic rings. The molecule has 0 unspecified atom stereocenters. The molecule has 5 rings (SSSR count). The molecule has 1 aliphatic heterocycles. The summed E-state index contributed by atoms with van der Waals surface area (Å²) in [7, 11) is 1.69. The molecular weight excluding hydrogens is 466 g/mol. The van der Waals surface area contributed by atoms with Gasteiger partial charge in [-0.05, 0) is 65.6 Å². The highest BCUT2D eigenvalue weighted by atomic mass is 32.1. The maximum Gasteiger partial charge on any atom is 0.191 e. The molecule has 1 fully saturated rings. The van der Waals surface area contributed by atoms with E-state index < -0.39 is 5.60 Å². The maximum atomic E-state index is 11.9. The summed E-state index contributed by atoms with van der Waals surface area (Å²) in [6, 6.07) is 19.9. The van der Waals surface area contributed by atoms with Gasteiger partial charge < -0.3 is 19.0 Å². The molecule has 0 amide bonds. The van der Waals surface area contributed by atoms with Crippen molar-refractivity contribution in [1.82, 2.24) is 4.90 Å². The molecule has 5 nitrogen and oxygen atoms in total. The zero-order chi connectivity index (χ0) is 23.4. The average Bonchev–Trinajstić information content (AvgIpc) is 3.66. The van der Waals surface area contributed by atoms with Crippen molar-refractivity contribution < 1.29 is 19.0 Å². The molecule has 0 saturated carbocycles. The molecule has 3 aromatic heterocycles. The average molecular weight is 496 g/mol. The third-order valence-electron chi connectivity index (χ3n) is 6.18. The smallest absolute Gasteiger partial charge is 0.191 e. The second-order valence-electron chi connectivity index (χ2n) is 8.59. The van der Waals surface area contributed by atoms with Crippen LogP contribution in [0.2, 0.25) is 0 Å². The van der Waals surface area contributed by atoms with E-state index in [4.69, 9.17) is 13.9 Å². The van der Waals surface area contributed by atoms with Gasteiger partial charge in [-0.2, -0.15) is 0 Å². The lowest BCUT2D eigenvalue weighted by Crippen LogP contribution is -2.31. The molecule has 0 bridgehead atoms. The fourth-order valence-electron chi connectivity index (χ4n) is 4.50. The summed E-state index contributed by atoms with van der Waals surface area (Å²) in [6.45, 7) is 3.04. The quantitative estimate of drug-likeness (QED) is 0.298. The number of benzene rings is 1. The van der Waals surface area contributed by atoms with Crippen molar-refractivity contribution in [2.45, 2.75) is 37.6 Å². The summed E-state index contributed by atoms with van der Waals surface area (Å²) in [5.74, 6) is 2.22. The molecule has 1 N–H and O–H groups in total. The van der Waals surface area contributed by atoms with E-state index in [-0.39, 0.29) is 6.10 Å². The van der Waals surface area contributed by atoms with Crippen LogP contribution in [0.5, 0.6) is 5.75 Å². The van der Waals surface area contributed by atoms with Crippen molar-refractivity contribution >= 4 is 22.7 Å². The highest BCUT2D eigenvalue weighted by molar-refractivity contribution is 7.11. The summed E-state index contributed by atoms with van der Waals surface area (Å²) in [6.07, 6.45) is 2.42. The van der Waals surface area contributed by atoms with Crippen molar-refractivity contribution in [2.24, 2.45) is 0 Å². The monoisotopic (exact) mass is 495 g/mol. The van der Waals surface area contributed by atoms with Crippen LogP contribution in [-0.2, 0) is 23.4 Å². The van der Waals surface area contributed by atoms with Crippen LogP contribution in [0.3, 0.4) is 0 Å². The molecule has 0 aliphatic carbocycles. The van der Waals surface area contributed by atoms with Crippen LogP contribution in [0, 0.1) is 0 Å². The second-order valence-corrected chi connectivity index (χ2v) is 10.5. The van der Waals surface area contributed by atoms with Crippen LogP contribution in [0.1, 0.15) is 39.7 Å². The van der Waals surface area contributed by atoms with Gasteiger partial charge in [-0.3, -0.25) is 4.90 Å². The van der Waals surface area contributed by atoms with E-state index in [1.165, 1.54) is 28.2 Å². The minimum absolute atomic E-state index is 0.231. The third-order valence-corrected chi connectivity index (χ3v) is 8.14. The molecule has 34 heavy (non-hydrogen) atoms. The van der Waals surface area contributed by atoms with E-state index in [2.05, 4.69) is 17.0 Å². The van der Waals surface area contributed by atoms with Crippen LogP contribution < -0.4 is 4.74 Å². The highest BCUT2D eigenvalue weighted by Gasteiger charge is 2.39. The van der Waals surface area contributed by atoms with E-state index in [1.807, 2.05) is 59.3 Å². The van der Waals surface area contributed by atoms with E-state index in [9.17, 15) is 5.11 Å². The zero-order valence-electron chi connectivity index (χ0n) is 19.2. The Morgan fingerprint density at radius 3 is 2.47 bits per heavy atom. The van der Waals surface area contributed by atoms with Crippen molar-refractivity contribution in [3.63, 3.8) is 0 Å². The van der Waals surface area contributed by atoms with Gasteiger partial charge in [-0.15, -0.1) is 22.7 Å². The Labute approximate surface area is 208 Å². The van der Waals surface area contributed by atoms with Gasteiger partial charge >= 0.3 is 0 Å². The van der Waals surface area contributed by atoms with Crippen LogP contribution in [0.4, 0.5) is 0 Å². The number of aliphatic hydroxyl groups is 1. The van der Waals surface area contributed by atoms with Crippen LogP contribution in [-0.4, -0.2) is 36.4 Å². The van der Waals surface area contributed by atoms with Crippen molar-refractivity contribution in [2.75, 3.05) is 20.3 Å². The lowest BCUT2D eigenvalue weighted by Gasteiger charge is -2.25. The van der Waals surface area contributed by atoms with Gasteiger partial charge in [0.25, 0.3) is 0 Å². The number of rotatable bonds is 10. The van der Waals surface area contributed by atoms with Gasteiger partial charge in [-0.25, -0.2) is 0 Å². The molecule has 1 aromatic carbocycles. The van der Waals surface area contributed by atoms with Gasteiger partial charge in [0.15, 0.2) is 5.60 Å². The molecule has 1 atom stereocenters. The first-order valence-electron chi connectivity index (χ1n) is 11.5. The lowest BCUT2D eigenvalue weighted by atomic mass is 9.97. The molecule has 1 saturated heterocycles. The Morgan fingerprint density at radius 1 is 1.03 bits per heavy atom. The largest absolute Gasteiger partial charge is 0.497 e. The minimum atomic E-state index is -1.28. The van der Waals surface area contributed by atoms with Crippen molar-refractivity contribution in [3.8, 4) is 5.75 Å². The molecule has 178 valence electrons. The third kappa shape index (κ3) is 4.99. The lowest BCUT2D eigenvalue weighted by molar-refractivity contribution is 0.0634. The normalized spacial score (nSPS) is 16.4. The maximum absolute atomic E-state index is 11.9. The standard InChI is InChI=1S/C27H29NO4S2/c1-30-21-7-2-6-20(16-21)17-28(18-22-8-3-13-31-22)19-23-11-12-24(32-23)27(29,25-9-4-14-33-25)26-10-5-15-34-26/h2,4-7,9-12,14-16,22,29H,3,8,13,17-19H2,1H3/t22-/m0/s1. The van der Waals surface area contributed by atoms with E-state index in [1.54, 1.807) is 7.11 Å². The predicted molar refractivity (Wildman–Crippen MR) is 136 cm³/mol. The summed E-state index contributed by atoms with van der Waals surface area (Å²) in [5, 5.41) is 15.8. The Kier molecular flexibility index (Phi) is 7.18. The van der Waals surface area contributed by atoms with Crippen molar-refractivity contribution in [3.05, 3.63) is 98.3 Å². The van der Waals surface area contributed by atoms with Gasteiger partial charge in [0.05, 0.1) is 19.8 Å². The first-order valence-corrected chi connectivity index (χ1v) is 13.3. The first kappa shape index (κ1) is 23.3. The number of thiophene rings is 2. The summed E-state index contributed by atoms with van der Waals surface area (Å²) in [4.78, 5) is 4.05. The summed E-state index contributed by atoms with van der Waals surface area (Å²) < 4.78 is 17.7. The molecule has 4 heterocycles. The van der Waals surface area contributed by atoms with Gasteiger partial charge in [-0.1, -0.05) is 24.3 Å². The number of hydrogen-bond donors (Lipinski definition) is 1. The molecule has 0 spiro atoms. The number of nitrogens with zero attached hydrogens (tertiary/aromatic N) is 1. The van der Waals surface area contributed by atoms with Gasteiger partial charge in [0.2, 0.25) is 0 Å². The number of furan rings is 1.